The molecule has 1 aliphatic carbocycles. The Kier molecular flexibility index (Phi) is 7.07. The third-order valence-corrected chi connectivity index (χ3v) is 5.85. The van der Waals surface area contributed by atoms with Gasteiger partial charge in [0.1, 0.15) is 0 Å². The van der Waals surface area contributed by atoms with Crippen molar-refractivity contribution in [1.82, 2.24) is 0 Å². The fraction of sp³-hybridized carbons (Fsp3) is 0.583. The van der Waals surface area contributed by atoms with Crippen molar-refractivity contribution < 1.29 is 5.11 Å². The first kappa shape index (κ1) is 20.0. The van der Waals surface area contributed by atoms with Crippen molar-refractivity contribution in [1.29, 1.82) is 0 Å². The lowest BCUT2D eigenvalue weighted by molar-refractivity contribution is 0.0957. The van der Waals surface area contributed by atoms with Crippen LogP contribution in [0.4, 0.5) is 0 Å². The largest absolute Gasteiger partial charge is 0.388 e. The molecule has 4 atom stereocenters. The molecule has 0 heterocycles. The van der Waals surface area contributed by atoms with Crippen LogP contribution in [0.1, 0.15) is 77.5 Å². The summed E-state index contributed by atoms with van der Waals surface area (Å²) < 4.78 is 0. The van der Waals surface area contributed by atoms with Crippen LogP contribution in [-0.2, 0) is 0 Å². The highest BCUT2D eigenvalue weighted by Gasteiger charge is 2.31. The highest BCUT2D eigenvalue weighted by atomic mass is 16.3. The summed E-state index contributed by atoms with van der Waals surface area (Å²) in [5, 5.41) is 11.3. The van der Waals surface area contributed by atoms with Crippen molar-refractivity contribution in [2.75, 3.05) is 0 Å². The van der Waals surface area contributed by atoms with Gasteiger partial charge in [-0.3, -0.25) is 0 Å². The number of hydrogen-bond donors (Lipinski definition) is 1. The standard InChI is InChI=1S/C24H36O/c1-7-21(16(2)3)19-12-10-13-20(15-19)24(25)23(17(4)5)22-14-9-8-11-18(22)6/h8-10,12-18,21,23-25H,7,11H2,1-6H3. The summed E-state index contributed by atoms with van der Waals surface area (Å²) in [4.78, 5) is 0. The third kappa shape index (κ3) is 4.64. The summed E-state index contributed by atoms with van der Waals surface area (Å²) in [5.74, 6) is 2.26. The van der Waals surface area contributed by atoms with Crippen molar-refractivity contribution in [3.8, 4) is 0 Å². The molecule has 0 spiro atoms. The molecule has 1 aromatic rings. The van der Waals surface area contributed by atoms with Gasteiger partial charge in [-0.05, 0) is 47.6 Å². The Hall–Kier alpha value is -1.34. The molecule has 4 unspecified atom stereocenters. The van der Waals surface area contributed by atoms with Crippen LogP contribution in [0.5, 0.6) is 0 Å². The Morgan fingerprint density at radius 2 is 1.76 bits per heavy atom. The minimum atomic E-state index is -0.440. The highest BCUT2D eigenvalue weighted by molar-refractivity contribution is 5.32. The van der Waals surface area contributed by atoms with Gasteiger partial charge in [-0.1, -0.05) is 89.6 Å². The number of rotatable bonds is 7. The van der Waals surface area contributed by atoms with Gasteiger partial charge in [0.25, 0.3) is 0 Å². The lowest BCUT2D eigenvalue weighted by Crippen LogP contribution is -2.25. The van der Waals surface area contributed by atoms with Gasteiger partial charge >= 0.3 is 0 Å². The molecule has 0 bridgehead atoms. The number of allylic oxidation sites excluding steroid dienone is 3. The van der Waals surface area contributed by atoms with Crippen molar-refractivity contribution in [3.05, 3.63) is 59.2 Å². The lowest BCUT2D eigenvalue weighted by atomic mass is 9.74. The first-order valence-corrected chi connectivity index (χ1v) is 10.0. The van der Waals surface area contributed by atoms with Gasteiger partial charge in [-0.15, -0.1) is 0 Å². The van der Waals surface area contributed by atoms with E-state index in [1.807, 2.05) is 0 Å². The molecule has 0 saturated heterocycles. The zero-order valence-corrected chi connectivity index (χ0v) is 16.9. The summed E-state index contributed by atoms with van der Waals surface area (Å²) in [6, 6.07) is 8.69. The first-order chi connectivity index (χ1) is 11.9. The number of benzene rings is 1. The molecule has 0 fully saturated rings. The molecule has 0 radical (unpaired) electrons. The zero-order chi connectivity index (χ0) is 18.6. The molecule has 1 heteroatoms. The van der Waals surface area contributed by atoms with Crippen LogP contribution < -0.4 is 0 Å². The van der Waals surface area contributed by atoms with E-state index in [0.29, 0.717) is 23.7 Å². The minimum absolute atomic E-state index is 0.175. The average molecular weight is 341 g/mol. The molecule has 1 aromatic carbocycles. The first-order valence-electron chi connectivity index (χ1n) is 10.0. The molecular formula is C24H36O. The molecule has 1 aliphatic rings. The van der Waals surface area contributed by atoms with Gasteiger partial charge in [0.15, 0.2) is 0 Å². The second-order valence-electron chi connectivity index (χ2n) is 8.38. The van der Waals surface area contributed by atoms with E-state index in [2.05, 4.69) is 84.0 Å². The number of aliphatic hydroxyl groups excluding tert-OH is 1. The van der Waals surface area contributed by atoms with E-state index < -0.39 is 6.10 Å². The van der Waals surface area contributed by atoms with E-state index in [9.17, 15) is 5.11 Å². The SMILES string of the molecule is CCC(c1cccc(C(O)C(C2=CC=CCC2C)C(C)C)c1)C(C)C. The van der Waals surface area contributed by atoms with Gasteiger partial charge in [0.2, 0.25) is 0 Å². The Bertz CT molecular complexity index is 608. The van der Waals surface area contributed by atoms with E-state index in [-0.39, 0.29) is 5.92 Å². The Balaban J connectivity index is 2.35. The molecule has 0 aliphatic heterocycles. The molecule has 1 N–H and O–H groups in total. The van der Waals surface area contributed by atoms with Gasteiger partial charge in [0.05, 0.1) is 6.10 Å². The van der Waals surface area contributed by atoms with Crippen LogP contribution in [-0.4, -0.2) is 5.11 Å². The summed E-state index contributed by atoms with van der Waals surface area (Å²) >= 11 is 0. The molecule has 2 rings (SSSR count). The van der Waals surface area contributed by atoms with Gasteiger partial charge in [-0.2, -0.15) is 0 Å². The van der Waals surface area contributed by atoms with E-state index in [4.69, 9.17) is 0 Å². The summed E-state index contributed by atoms with van der Waals surface area (Å²) in [5.41, 5.74) is 3.83. The van der Waals surface area contributed by atoms with E-state index in [1.54, 1.807) is 0 Å². The van der Waals surface area contributed by atoms with Crippen molar-refractivity contribution in [3.63, 3.8) is 0 Å². The maximum Gasteiger partial charge on any atom is 0.0858 e. The maximum absolute atomic E-state index is 11.3. The van der Waals surface area contributed by atoms with E-state index in [0.717, 1.165) is 18.4 Å². The fourth-order valence-corrected chi connectivity index (χ4v) is 4.41. The quantitative estimate of drug-likeness (QED) is 0.588. The van der Waals surface area contributed by atoms with Crippen LogP contribution in [0, 0.1) is 23.7 Å². The van der Waals surface area contributed by atoms with Crippen LogP contribution in [0.15, 0.2) is 48.1 Å². The monoisotopic (exact) mass is 340 g/mol. The molecule has 25 heavy (non-hydrogen) atoms. The fourth-order valence-electron chi connectivity index (χ4n) is 4.41. The molecule has 0 aromatic heterocycles. The second kappa shape index (κ2) is 8.85. The second-order valence-corrected chi connectivity index (χ2v) is 8.38. The molecule has 0 amide bonds. The van der Waals surface area contributed by atoms with Gasteiger partial charge < -0.3 is 5.11 Å². The van der Waals surface area contributed by atoms with Crippen LogP contribution in [0.3, 0.4) is 0 Å². The van der Waals surface area contributed by atoms with Gasteiger partial charge in [0, 0.05) is 5.92 Å². The average Bonchev–Trinajstić information content (AvgIpc) is 2.57. The Morgan fingerprint density at radius 1 is 1.08 bits per heavy atom. The van der Waals surface area contributed by atoms with Crippen molar-refractivity contribution in [2.24, 2.45) is 23.7 Å². The predicted octanol–water partition coefficient (Wildman–Crippen LogP) is 6.66. The van der Waals surface area contributed by atoms with E-state index >= 15 is 0 Å². The van der Waals surface area contributed by atoms with Crippen molar-refractivity contribution in [2.45, 2.75) is 66.4 Å². The van der Waals surface area contributed by atoms with Crippen LogP contribution in [0.25, 0.3) is 0 Å². The molecule has 0 saturated carbocycles. The zero-order valence-electron chi connectivity index (χ0n) is 16.9. The Morgan fingerprint density at radius 3 is 2.32 bits per heavy atom. The topological polar surface area (TPSA) is 20.2 Å². The van der Waals surface area contributed by atoms with E-state index in [1.165, 1.54) is 11.1 Å². The maximum atomic E-state index is 11.3. The van der Waals surface area contributed by atoms with Crippen molar-refractivity contribution >= 4 is 0 Å². The summed E-state index contributed by atoms with van der Waals surface area (Å²) in [6.07, 6.45) is 8.39. The number of aliphatic hydroxyl groups is 1. The molecule has 138 valence electrons. The highest BCUT2D eigenvalue weighted by Crippen LogP contribution is 2.40. The number of hydrogen-bond acceptors (Lipinski definition) is 1. The van der Waals surface area contributed by atoms with Gasteiger partial charge in [-0.25, -0.2) is 0 Å². The lowest BCUT2D eigenvalue weighted by Gasteiger charge is -2.33. The predicted molar refractivity (Wildman–Crippen MR) is 109 cm³/mol. The molecular weight excluding hydrogens is 304 g/mol. The summed E-state index contributed by atoms with van der Waals surface area (Å²) in [6.45, 7) is 13.6. The molecule has 1 nitrogen and oxygen atoms in total. The summed E-state index contributed by atoms with van der Waals surface area (Å²) in [7, 11) is 0. The van der Waals surface area contributed by atoms with Crippen LogP contribution in [0.2, 0.25) is 0 Å². The Labute approximate surface area is 154 Å². The normalized spacial score (nSPS) is 21.3. The minimum Gasteiger partial charge on any atom is -0.388 e. The third-order valence-electron chi connectivity index (χ3n) is 5.85. The van der Waals surface area contributed by atoms with Crippen LogP contribution >= 0.6 is 0 Å². The smallest absolute Gasteiger partial charge is 0.0858 e.